The first-order chi connectivity index (χ1) is 20.6. The number of carbonyl (C=O) groups is 2. The topological polar surface area (TPSA) is 134 Å². The Hall–Kier alpha value is -5.04. The molecule has 4 aromatic rings. The number of halogens is 1. The van der Waals surface area contributed by atoms with E-state index in [-0.39, 0.29) is 23.8 Å². The molecule has 0 bridgehead atoms. The zero-order valence-corrected chi connectivity index (χ0v) is 24.6. The smallest absolute Gasteiger partial charge is 0.255 e. The highest BCUT2D eigenvalue weighted by Crippen LogP contribution is 2.36. The van der Waals surface area contributed by atoms with Gasteiger partial charge in [-0.2, -0.15) is 5.10 Å². The summed E-state index contributed by atoms with van der Waals surface area (Å²) in [5.74, 6) is -0.636. The van der Waals surface area contributed by atoms with Gasteiger partial charge in [0.15, 0.2) is 0 Å². The molecule has 0 radical (unpaired) electrons. The van der Waals surface area contributed by atoms with Crippen molar-refractivity contribution in [3.8, 4) is 16.3 Å². The van der Waals surface area contributed by atoms with E-state index in [1.165, 1.54) is 41.6 Å². The second-order valence-electron chi connectivity index (χ2n) is 9.92. The van der Waals surface area contributed by atoms with Crippen LogP contribution in [0.1, 0.15) is 32.4 Å². The minimum absolute atomic E-state index is 0.210. The number of benzene rings is 1. The van der Waals surface area contributed by atoms with Crippen LogP contribution in [-0.2, 0) is 18.3 Å². The van der Waals surface area contributed by atoms with Gasteiger partial charge in [0, 0.05) is 43.2 Å². The number of amides is 2. The van der Waals surface area contributed by atoms with Crippen LogP contribution < -0.4 is 15.4 Å². The predicted octanol–water partition coefficient (Wildman–Crippen LogP) is 4.62. The summed E-state index contributed by atoms with van der Waals surface area (Å²) in [4.78, 5) is 39.3. The Morgan fingerprint density at radius 3 is 2.77 bits per heavy atom. The second-order valence-corrected chi connectivity index (χ2v) is 11.1. The normalized spacial score (nSPS) is 14.0. The standard InChI is InChI=1S/C30H30FN7O4S/c1-6-22(28(40)35-27(17(3)39)18-11-19(31)13-20(12-18)42-5)38-10-8-23-21(29(38)41)14-24(43-23)26-16(2)15-32-30(36-26)34-25-7-9-33-37(25)4/h6-7,9,11-15,22,27,39H,1,3,8,10H2,2,4-5H3,(H,35,40)(H,32,34,36)/t22-,27+/m0/s1. The number of nitrogens with zero attached hydrogens (tertiary/aromatic N) is 5. The Morgan fingerprint density at radius 2 is 2.09 bits per heavy atom. The van der Waals surface area contributed by atoms with E-state index in [0.29, 0.717) is 23.6 Å². The molecule has 222 valence electrons. The predicted molar refractivity (Wildman–Crippen MR) is 161 cm³/mol. The minimum Gasteiger partial charge on any atom is -0.510 e. The number of ether oxygens (including phenoxy) is 1. The largest absolute Gasteiger partial charge is 0.510 e. The first-order valence-electron chi connectivity index (χ1n) is 13.3. The first kappa shape index (κ1) is 29.5. The summed E-state index contributed by atoms with van der Waals surface area (Å²) in [5.41, 5.74) is 2.23. The van der Waals surface area contributed by atoms with Crippen molar-refractivity contribution < 1.29 is 23.8 Å². The molecule has 13 heteroatoms. The van der Waals surface area contributed by atoms with E-state index >= 15 is 0 Å². The Balaban J connectivity index is 1.37. The van der Waals surface area contributed by atoms with E-state index in [9.17, 15) is 19.1 Å². The molecule has 0 saturated heterocycles. The molecule has 5 rings (SSSR count). The molecule has 1 aliphatic heterocycles. The van der Waals surface area contributed by atoms with Gasteiger partial charge in [0.25, 0.3) is 5.91 Å². The van der Waals surface area contributed by atoms with E-state index in [0.717, 1.165) is 27.2 Å². The van der Waals surface area contributed by atoms with Crippen LogP contribution in [0, 0.1) is 12.7 Å². The van der Waals surface area contributed by atoms with E-state index < -0.39 is 29.6 Å². The number of nitrogens with one attached hydrogen (secondary N) is 2. The molecule has 43 heavy (non-hydrogen) atoms. The monoisotopic (exact) mass is 603 g/mol. The van der Waals surface area contributed by atoms with Crippen LogP contribution in [0.5, 0.6) is 5.75 Å². The number of aliphatic hydroxyl groups excluding tert-OH is 1. The third kappa shape index (κ3) is 5.97. The van der Waals surface area contributed by atoms with E-state index in [1.54, 1.807) is 36.3 Å². The second kappa shape index (κ2) is 12.1. The molecule has 2 amide bonds. The molecule has 0 unspecified atom stereocenters. The number of carbonyl (C=O) groups excluding carboxylic acids is 2. The average Bonchev–Trinajstić information content (AvgIpc) is 3.60. The Kier molecular flexibility index (Phi) is 8.26. The van der Waals surface area contributed by atoms with Crippen LogP contribution in [0.3, 0.4) is 0 Å². The lowest BCUT2D eigenvalue weighted by atomic mass is 10.0. The van der Waals surface area contributed by atoms with Gasteiger partial charge >= 0.3 is 0 Å². The molecule has 3 aromatic heterocycles. The van der Waals surface area contributed by atoms with Gasteiger partial charge in [-0.3, -0.25) is 14.3 Å². The maximum Gasteiger partial charge on any atom is 0.255 e. The molecule has 1 aromatic carbocycles. The fourth-order valence-corrected chi connectivity index (χ4v) is 6.05. The summed E-state index contributed by atoms with van der Waals surface area (Å²) >= 11 is 1.47. The molecule has 3 N–H and O–H groups in total. The number of anilines is 2. The first-order valence-corrected chi connectivity index (χ1v) is 14.1. The number of hydrogen-bond acceptors (Lipinski definition) is 9. The molecule has 2 atom stereocenters. The maximum atomic E-state index is 14.2. The van der Waals surface area contributed by atoms with Crippen molar-refractivity contribution >= 4 is 34.9 Å². The molecule has 0 spiro atoms. The lowest BCUT2D eigenvalue weighted by Gasteiger charge is -2.33. The van der Waals surface area contributed by atoms with E-state index in [1.807, 2.05) is 6.92 Å². The molecular weight excluding hydrogens is 573 g/mol. The van der Waals surface area contributed by atoms with Crippen LogP contribution in [-0.4, -0.2) is 61.3 Å². The third-order valence-corrected chi connectivity index (χ3v) is 8.26. The summed E-state index contributed by atoms with van der Waals surface area (Å²) in [6.07, 6.45) is 5.26. The fraction of sp³-hybridized carbons (Fsp3) is 0.233. The van der Waals surface area contributed by atoms with Crippen molar-refractivity contribution in [2.75, 3.05) is 19.0 Å². The third-order valence-electron chi connectivity index (χ3n) is 7.06. The highest BCUT2D eigenvalue weighted by atomic mass is 32.1. The maximum absolute atomic E-state index is 14.2. The zero-order chi connectivity index (χ0) is 30.8. The average molecular weight is 604 g/mol. The van der Waals surface area contributed by atoms with Gasteiger partial charge in [0.1, 0.15) is 35.2 Å². The molecule has 4 heterocycles. The highest BCUT2D eigenvalue weighted by molar-refractivity contribution is 7.15. The van der Waals surface area contributed by atoms with Gasteiger partial charge in [-0.05, 0) is 36.2 Å². The summed E-state index contributed by atoms with van der Waals surface area (Å²) in [7, 11) is 3.18. The van der Waals surface area contributed by atoms with Crippen LogP contribution in [0.15, 0.2) is 67.7 Å². The lowest BCUT2D eigenvalue weighted by molar-refractivity contribution is -0.125. The van der Waals surface area contributed by atoms with Gasteiger partial charge in [-0.1, -0.05) is 12.7 Å². The van der Waals surface area contributed by atoms with Crippen LogP contribution >= 0.6 is 11.3 Å². The van der Waals surface area contributed by atoms with Crippen molar-refractivity contribution in [2.45, 2.75) is 25.4 Å². The van der Waals surface area contributed by atoms with Gasteiger partial charge in [0.05, 0.1) is 29.4 Å². The van der Waals surface area contributed by atoms with Crippen molar-refractivity contribution in [3.63, 3.8) is 0 Å². The fourth-order valence-electron chi connectivity index (χ4n) is 4.85. The van der Waals surface area contributed by atoms with Crippen molar-refractivity contribution in [3.05, 3.63) is 95.1 Å². The molecule has 1 aliphatic rings. The Labute approximate surface area is 251 Å². The lowest BCUT2D eigenvalue weighted by Crippen LogP contribution is -2.51. The number of aromatic nitrogens is 4. The van der Waals surface area contributed by atoms with E-state index in [4.69, 9.17) is 9.72 Å². The van der Waals surface area contributed by atoms with Gasteiger partial charge in [-0.25, -0.2) is 14.4 Å². The van der Waals surface area contributed by atoms with Crippen molar-refractivity contribution in [2.24, 2.45) is 7.05 Å². The molecule has 0 aliphatic carbocycles. The molecule has 0 fully saturated rings. The summed E-state index contributed by atoms with van der Waals surface area (Å²) in [5, 5.41) is 20.2. The van der Waals surface area contributed by atoms with Crippen LogP contribution in [0.2, 0.25) is 0 Å². The number of rotatable bonds is 10. The van der Waals surface area contributed by atoms with Crippen LogP contribution in [0.4, 0.5) is 16.2 Å². The van der Waals surface area contributed by atoms with Gasteiger partial charge in [-0.15, -0.1) is 17.9 Å². The van der Waals surface area contributed by atoms with Crippen LogP contribution in [0.25, 0.3) is 10.6 Å². The molecular formula is C30H30FN7O4S. The number of methoxy groups -OCH3 is 1. The Morgan fingerprint density at radius 1 is 1.30 bits per heavy atom. The molecule has 0 saturated carbocycles. The zero-order valence-electron chi connectivity index (χ0n) is 23.8. The number of fused-ring (bicyclic) bond motifs is 1. The summed E-state index contributed by atoms with van der Waals surface area (Å²) < 4.78 is 20.9. The summed E-state index contributed by atoms with van der Waals surface area (Å²) in [6, 6.07) is 5.21. The molecule has 11 nitrogen and oxygen atoms in total. The van der Waals surface area contributed by atoms with Gasteiger partial charge in [0.2, 0.25) is 11.9 Å². The minimum atomic E-state index is -1.14. The van der Waals surface area contributed by atoms with Gasteiger partial charge < -0.3 is 25.4 Å². The number of thiophene rings is 1. The van der Waals surface area contributed by atoms with E-state index in [2.05, 4.69) is 33.9 Å². The Bertz CT molecular complexity index is 1730. The van der Waals surface area contributed by atoms with Crippen molar-refractivity contribution in [1.29, 1.82) is 0 Å². The number of hydrogen-bond donors (Lipinski definition) is 3. The SMILES string of the molecule is C=C[C@@H](C(=O)N[C@H](C(=C)O)c1cc(F)cc(OC)c1)N1CCc2sc(-c3nc(Nc4ccnn4C)ncc3C)cc2C1=O. The highest BCUT2D eigenvalue weighted by Gasteiger charge is 2.35. The number of aliphatic hydroxyl groups is 1. The quantitative estimate of drug-likeness (QED) is 0.177. The summed E-state index contributed by atoms with van der Waals surface area (Å²) in [6.45, 7) is 9.48. The number of aryl methyl sites for hydroxylation is 2. The van der Waals surface area contributed by atoms with Crippen molar-refractivity contribution in [1.82, 2.24) is 30.0 Å².